The van der Waals surface area contributed by atoms with E-state index in [1.54, 1.807) is 0 Å². The molecule has 1 aromatic rings. The second kappa shape index (κ2) is 7.57. The van der Waals surface area contributed by atoms with Crippen LogP contribution in [0.2, 0.25) is 0 Å². The molecule has 1 saturated heterocycles. The molecule has 0 saturated carbocycles. The Morgan fingerprint density at radius 2 is 2.10 bits per heavy atom. The first kappa shape index (κ1) is 16.0. The predicted molar refractivity (Wildman–Crippen MR) is 86.0 cm³/mol. The van der Waals surface area contributed by atoms with Crippen molar-refractivity contribution < 1.29 is 4.79 Å². The first-order chi connectivity index (χ1) is 10.0. The summed E-state index contributed by atoms with van der Waals surface area (Å²) in [5.74, 6) is 0.129. The quantitative estimate of drug-likeness (QED) is 0.866. The molecule has 4 nitrogen and oxygen atoms in total. The molecule has 0 aliphatic carbocycles. The van der Waals surface area contributed by atoms with Crippen molar-refractivity contribution >= 4 is 5.91 Å². The van der Waals surface area contributed by atoms with Crippen molar-refractivity contribution in [3.8, 4) is 0 Å². The van der Waals surface area contributed by atoms with Crippen molar-refractivity contribution in [3.63, 3.8) is 0 Å². The van der Waals surface area contributed by atoms with Gasteiger partial charge in [-0.1, -0.05) is 30.3 Å². The molecule has 1 atom stereocenters. The van der Waals surface area contributed by atoms with Crippen LogP contribution in [0, 0.1) is 0 Å². The van der Waals surface area contributed by atoms with Crippen LogP contribution in [0.4, 0.5) is 0 Å². The average Bonchev–Trinajstić information content (AvgIpc) is 2.88. The van der Waals surface area contributed by atoms with E-state index in [1.807, 2.05) is 25.2 Å². The lowest BCUT2D eigenvalue weighted by molar-refractivity contribution is -0.122. The van der Waals surface area contributed by atoms with E-state index in [2.05, 4.69) is 41.1 Å². The molecule has 1 aliphatic rings. The van der Waals surface area contributed by atoms with E-state index in [-0.39, 0.29) is 5.91 Å². The Labute approximate surface area is 128 Å². The standard InChI is InChI=1S/C17H27N3O/c1-14(2)20-10-9-16(12-20)18-17(21)13-19(3)11-15-7-5-4-6-8-15/h4-8,14,16H,9-13H2,1-3H3,(H,18,21)/t16-/m0/s1. The Bertz CT molecular complexity index is 447. The second-order valence-corrected chi connectivity index (χ2v) is 6.30. The van der Waals surface area contributed by atoms with Crippen LogP contribution in [0.15, 0.2) is 30.3 Å². The maximum atomic E-state index is 12.1. The number of carbonyl (C=O) groups is 1. The third-order valence-electron chi connectivity index (χ3n) is 4.02. The van der Waals surface area contributed by atoms with Crippen molar-refractivity contribution in [1.29, 1.82) is 0 Å². The monoisotopic (exact) mass is 289 g/mol. The van der Waals surface area contributed by atoms with Gasteiger partial charge in [0.1, 0.15) is 0 Å². The molecule has 21 heavy (non-hydrogen) atoms. The predicted octanol–water partition coefficient (Wildman–Crippen LogP) is 1.72. The normalized spacial score (nSPS) is 19.4. The molecule has 1 fully saturated rings. The smallest absolute Gasteiger partial charge is 0.234 e. The highest BCUT2D eigenvalue weighted by molar-refractivity contribution is 5.78. The van der Waals surface area contributed by atoms with Gasteiger partial charge in [0.2, 0.25) is 5.91 Å². The van der Waals surface area contributed by atoms with Gasteiger partial charge in [-0.15, -0.1) is 0 Å². The summed E-state index contributed by atoms with van der Waals surface area (Å²) in [6, 6.07) is 11.1. The molecule has 1 amide bonds. The van der Waals surface area contributed by atoms with Gasteiger partial charge >= 0.3 is 0 Å². The van der Waals surface area contributed by atoms with E-state index in [1.165, 1.54) is 5.56 Å². The van der Waals surface area contributed by atoms with Gasteiger partial charge in [-0.05, 0) is 32.9 Å². The lowest BCUT2D eigenvalue weighted by atomic mass is 10.2. The third-order valence-corrected chi connectivity index (χ3v) is 4.02. The molecule has 1 N–H and O–H groups in total. The Hall–Kier alpha value is -1.39. The van der Waals surface area contributed by atoms with Crippen LogP contribution >= 0.6 is 0 Å². The largest absolute Gasteiger partial charge is 0.351 e. The number of likely N-dealkylation sites (tertiary alicyclic amines) is 1. The number of rotatable bonds is 6. The van der Waals surface area contributed by atoms with Gasteiger partial charge in [-0.25, -0.2) is 0 Å². The summed E-state index contributed by atoms with van der Waals surface area (Å²) in [7, 11) is 1.99. The fourth-order valence-corrected chi connectivity index (χ4v) is 2.84. The molecule has 0 unspecified atom stereocenters. The van der Waals surface area contributed by atoms with E-state index in [0.717, 1.165) is 26.1 Å². The molecule has 1 heterocycles. The van der Waals surface area contributed by atoms with Crippen LogP contribution in [0.3, 0.4) is 0 Å². The summed E-state index contributed by atoms with van der Waals surface area (Å²) in [6.07, 6.45) is 1.06. The SMILES string of the molecule is CC(C)N1CC[C@H](NC(=O)CN(C)Cc2ccccc2)C1. The maximum Gasteiger partial charge on any atom is 0.234 e. The van der Waals surface area contributed by atoms with Gasteiger partial charge in [0, 0.05) is 31.7 Å². The van der Waals surface area contributed by atoms with Crippen molar-refractivity contribution in [2.45, 2.75) is 38.9 Å². The van der Waals surface area contributed by atoms with Crippen molar-refractivity contribution in [2.75, 3.05) is 26.7 Å². The van der Waals surface area contributed by atoms with Crippen LogP contribution in [0.5, 0.6) is 0 Å². The fourth-order valence-electron chi connectivity index (χ4n) is 2.84. The van der Waals surface area contributed by atoms with E-state index in [4.69, 9.17) is 0 Å². The van der Waals surface area contributed by atoms with E-state index < -0.39 is 0 Å². The van der Waals surface area contributed by atoms with Crippen LogP contribution in [-0.2, 0) is 11.3 Å². The van der Waals surface area contributed by atoms with Crippen molar-refractivity contribution in [1.82, 2.24) is 15.1 Å². The van der Waals surface area contributed by atoms with E-state index in [0.29, 0.717) is 18.6 Å². The Balaban J connectivity index is 1.72. The summed E-state index contributed by atoms with van der Waals surface area (Å²) < 4.78 is 0. The van der Waals surface area contributed by atoms with E-state index >= 15 is 0 Å². The number of benzene rings is 1. The lowest BCUT2D eigenvalue weighted by Gasteiger charge is -2.21. The molecule has 0 radical (unpaired) electrons. The second-order valence-electron chi connectivity index (χ2n) is 6.30. The molecule has 4 heteroatoms. The summed E-state index contributed by atoms with van der Waals surface area (Å²) in [6.45, 7) is 7.73. The number of amides is 1. The average molecular weight is 289 g/mol. The van der Waals surface area contributed by atoms with Crippen molar-refractivity contribution in [3.05, 3.63) is 35.9 Å². The Morgan fingerprint density at radius 1 is 1.38 bits per heavy atom. The number of hydrogen-bond donors (Lipinski definition) is 1. The maximum absolute atomic E-state index is 12.1. The first-order valence-electron chi connectivity index (χ1n) is 7.80. The highest BCUT2D eigenvalue weighted by Crippen LogP contribution is 2.12. The molecule has 116 valence electrons. The third kappa shape index (κ3) is 5.14. The zero-order valence-corrected chi connectivity index (χ0v) is 13.4. The Morgan fingerprint density at radius 3 is 2.71 bits per heavy atom. The van der Waals surface area contributed by atoms with Gasteiger partial charge in [0.25, 0.3) is 0 Å². The summed E-state index contributed by atoms with van der Waals surface area (Å²) in [4.78, 5) is 16.6. The minimum absolute atomic E-state index is 0.129. The van der Waals surface area contributed by atoms with Crippen LogP contribution in [0.1, 0.15) is 25.8 Å². The molecular formula is C17H27N3O. The summed E-state index contributed by atoms with van der Waals surface area (Å²) >= 11 is 0. The molecule has 1 aromatic carbocycles. The molecule has 2 rings (SSSR count). The zero-order valence-electron chi connectivity index (χ0n) is 13.4. The van der Waals surface area contributed by atoms with Gasteiger partial charge in [-0.2, -0.15) is 0 Å². The zero-order chi connectivity index (χ0) is 15.2. The lowest BCUT2D eigenvalue weighted by Crippen LogP contribution is -2.42. The number of nitrogens with one attached hydrogen (secondary N) is 1. The minimum Gasteiger partial charge on any atom is -0.351 e. The minimum atomic E-state index is 0.129. The number of nitrogens with zero attached hydrogens (tertiary/aromatic N) is 2. The molecule has 1 aliphatic heterocycles. The highest BCUT2D eigenvalue weighted by Gasteiger charge is 2.25. The van der Waals surface area contributed by atoms with Crippen LogP contribution in [0.25, 0.3) is 0 Å². The highest BCUT2D eigenvalue weighted by atomic mass is 16.2. The molecule has 0 spiro atoms. The Kier molecular flexibility index (Phi) is 5.76. The van der Waals surface area contributed by atoms with E-state index in [9.17, 15) is 4.79 Å². The summed E-state index contributed by atoms with van der Waals surface area (Å²) in [5.41, 5.74) is 1.24. The molecular weight excluding hydrogens is 262 g/mol. The van der Waals surface area contributed by atoms with Gasteiger partial charge in [0.15, 0.2) is 0 Å². The first-order valence-corrected chi connectivity index (χ1v) is 7.80. The number of carbonyl (C=O) groups excluding carboxylic acids is 1. The summed E-state index contributed by atoms with van der Waals surface area (Å²) in [5, 5.41) is 3.16. The van der Waals surface area contributed by atoms with Gasteiger partial charge in [-0.3, -0.25) is 14.6 Å². The topological polar surface area (TPSA) is 35.6 Å². The van der Waals surface area contributed by atoms with Crippen LogP contribution < -0.4 is 5.32 Å². The van der Waals surface area contributed by atoms with Gasteiger partial charge in [0.05, 0.1) is 6.54 Å². The molecule has 0 aromatic heterocycles. The van der Waals surface area contributed by atoms with Crippen LogP contribution in [-0.4, -0.2) is 54.5 Å². The number of hydrogen-bond acceptors (Lipinski definition) is 3. The number of likely N-dealkylation sites (N-methyl/N-ethyl adjacent to an activating group) is 1. The van der Waals surface area contributed by atoms with Crippen molar-refractivity contribution in [2.24, 2.45) is 0 Å². The fraction of sp³-hybridized carbons (Fsp3) is 0.588. The molecule has 0 bridgehead atoms. The van der Waals surface area contributed by atoms with Gasteiger partial charge < -0.3 is 5.32 Å².